The molecule has 0 saturated heterocycles. The Hall–Kier alpha value is -1.61. The molecule has 2 aromatic carbocycles. The predicted molar refractivity (Wildman–Crippen MR) is 80.0 cm³/mol. The lowest BCUT2D eigenvalue weighted by Crippen LogP contribution is -2.05. The van der Waals surface area contributed by atoms with Gasteiger partial charge in [-0.2, -0.15) is 0 Å². The normalized spacial score (nSPS) is 10.3. The van der Waals surface area contributed by atoms with E-state index in [1.165, 1.54) is 0 Å². The molecule has 0 atom stereocenters. The number of methoxy groups -OCH3 is 1. The van der Waals surface area contributed by atoms with E-state index in [1.54, 1.807) is 7.11 Å². The molecular weight excluding hydrogens is 304 g/mol. The smallest absolute Gasteiger partial charge is 0.194 e. The summed E-state index contributed by atoms with van der Waals surface area (Å²) in [7, 11) is 1.62. The van der Waals surface area contributed by atoms with E-state index in [9.17, 15) is 4.79 Å². The zero-order valence-electron chi connectivity index (χ0n) is 11.2. The zero-order chi connectivity index (χ0) is 14.0. The van der Waals surface area contributed by atoms with Gasteiger partial charge in [0.15, 0.2) is 5.78 Å². The second kappa shape index (κ2) is 5.57. The average Bonchev–Trinajstić information content (AvgIpc) is 2.41. The van der Waals surface area contributed by atoms with Crippen LogP contribution < -0.4 is 4.74 Å². The van der Waals surface area contributed by atoms with E-state index in [1.807, 2.05) is 50.2 Å². The predicted octanol–water partition coefficient (Wildman–Crippen LogP) is 4.31. The number of benzene rings is 2. The highest BCUT2D eigenvalue weighted by molar-refractivity contribution is 9.10. The first-order valence-electron chi connectivity index (χ1n) is 5.99. The molecule has 0 amide bonds. The Balaban J connectivity index is 2.47. The number of ketones is 1. The Morgan fingerprint density at radius 1 is 1.05 bits per heavy atom. The van der Waals surface area contributed by atoms with Gasteiger partial charge in [-0.05, 0) is 65.2 Å². The third kappa shape index (κ3) is 2.71. The van der Waals surface area contributed by atoms with Crippen molar-refractivity contribution in [1.82, 2.24) is 0 Å². The molecule has 0 heterocycles. The molecule has 0 saturated carbocycles. The van der Waals surface area contributed by atoms with Gasteiger partial charge in [0, 0.05) is 15.6 Å². The van der Waals surface area contributed by atoms with Crippen molar-refractivity contribution in [3.8, 4) is 5.75 Å². The molecule has 3 heteroatoms. The highest BCUT2D eigenvalue weighted by atomic mass is 79.9. The van der Waals surface area contributed by atoms with Crippen molar-refractivity contribution < 1.29 is 9.53 Å². The standard InChI is InChI=1S/C16H15BrO2/c1-10-5-4-6-14(15(10)17)16(18)13-8-7-12(19-3)9-11(13)2/h4-9H,1-3H3. The Bertz CT molecular complexity index is 633. The number of hydrogen-bond acceptors (Lipinski definition) is 2. The molecule has 0 aliphatic heterocycles. The molecule has 0 aliphatic carbocycles. The maximum atomic E-state index is 12.6. The fraction of sp³-hybridized carbons (Fsp3) is 0.188. The van der Waals surface area contributed by atoms with Crippen molar-refractivity contribution >= 4 is 21.7 Å². The molecule has 98 valence electrons. The van der Waals surface area contributed by atoms with Crippen LogP contribution in [0.3, 0.4) is 0 Å². The Kier molecular flexibility index (Phi) is 4.05. The van der Waals surface area contributed by atoms with Gasteiger partial charge in [0.05, 0.1) is 7.11 Å². The van der Waals surface area contributed by atoms with E-state index in [0.29, 0.717) is 11.1 Å². The fourth-order valence-electron chi connectivity index (χ4n) is 1.99. The molecule has 19 heavy (non-hydrogen) atoms. The third-order valence-electron chi connectivity index (χ3n) is 3.11. The zero-order valence-corrected chi connectivity index (χ0v) is 12.7. The van der Waals surface area contributed by atoms with Crippen LogP contribution in [0.2, 0.25) is 0 Å². The number of aryl methyl sites for hydroxylation is 2. The van der Waals surface area contributed by atoms with Crippen molar-refractivity contribution in [3.05, 3.63) is 63.1 Å². The second-order valence-corrected chi connectivity index (χ2v) is 5.24. The van der Waals surface area contributed by atoms with E-state index in [0.717, 1.165) is 21.3 Å². The SMILES string of the molecule is COc1ccc(C(=O)c2cccc(C)c2Br)c(C)c1. The van der Waals surface area contributed by atoms with Gasteiger partial charge in [-0.3, -0.25) is 4.79 Å². The molecule has 0 radical (unpaired) electrons. The van der Waals surface area contributed by atoms with Crippen molar-refractivity contribution in [2.45, 2.75) is 13.8 Å². The molecule has 0 aliphatic rings. The Labute approximate surface area is 121 Å². The summed E-state index contributed by atoms with van der Waals surface area (Å²) in [6.45, 7) is 3.89. The number of carbonyl (C=O) groups excluding carboxylic acids is 1. The lowest BCUT2D eigenvalue weighted by Gasteiger charge is -2.09. The first-order chi connectivity index (χ1) is 9.04. The van der Waals surface area contributed by atoms with Crippen LogP contribution in [-0.4, -0.2) is 12.9 Å². The molecule has 0 fully saturated rings. The van der Waals surface area contributed by atoms with Crippen molar-refractivity contribution in [1.29, 1.82) is 0 Å². The van der Waals surface area contributed by atoms with Crippen LogP contribution in [0.4, 0.5) is 0 Å². The van der Waals surface area contributed by atoms with Gasteiger partial charge in [-0.15, -0.1) is 0 Å². The minimum Gasteiger partial charge on any atom is -0.497 e. The van der Waals surface area contributed by atoms with E-state index in [-0.39, 0.29) is 5.78 Å². The van der Waals surface area contributed by atoms with Crippen LogP contribution in [-0.2, 0) is 0 Å². The maximum Gasteiger partial charge on any atom is 0.194 e. The monoisotopic (exact) mass is 318 g/mol. The van der Waals surface area contributed by atoms with Crippen molar-refractivity contribution in [2.24, 2.45) is 0 Å². The lowest BCUT2D eigenvalue weighted by atomic mass is 9.98. The summed E-state index contributed by atoms with van der Waals surface area (Å²) in [4.78, 5) is 12.6. The van der Waals surface area contributed by atoms with Crippen LogP contribution in [0.5, 0.6) is 5.75 Å². The summed E-state index contributed by atoms with van der Waals surface area (Å²) in [6.07, 6.45) is 0. The van der Waals surface area contributed by atoms with Gasteiger partial charge in [-0.25, -0.2) is 0 Å². The summed E-state index contributed by atoms with van der Waals surface area (Å²) < 4.78 is 6.01. The van der Waals surface area contributed by atoms with E-state index >= 15 is 0 Å². The molecule has 0 unspecified atom stereocenters. The van der Waals surface area contributed by atoms with Crippen LogP contribution in [0.15, 0.2) is 40.9 Å². The molecule has 0 N–H and O–H groups in total. The van der Waals surface area contributed by atoms with Gasteiger partial charge in [0.1, 0.15) is 5.75 Å². The topological polar surface area (TPSA) is 26.3 Å². The largest absolute Gasteiger partial charge is 0.497 e. The van der Waals surface area contributed by atoms with Gasteiger partial charge in [0.25, 0.3) is 0 Å². The minimum atomic E-state index is 0.0238. The quantitative estimate of drug-likeness (QED) is 0.788. The molecule has 0 aromatic heterocycles. The number of hydrogen-bond donors (Lipinski definition) is 0. The second-order valence-electron chi connectivity index (χ2n) is 4.45. The summed E-state index contributed by atoms with van der Waals surface area (Å²) in [5.41, 5.74) is 3.36. The number of carbonyl (C=O) groups is 1. The average molecular weight is 319 g/mol. The van der Waals surface area contributed by atoms with E-state index in [4.69, 9.17) is 4.74 Å². The molecular formula is C16H15BrO2. The van der Waals surface area contributed by atoms with Crippen LogP contribution in [0.25, 0.3) is 0 Å². The number of ether oxygens (including phenoxy) is 1. The van der Waals surface area contributed by atoms with E-state index in [2.05, 4.69) is 15.9 Å². The summed E-state index contributed by atoms with van der Waals surface area (Å²) >= 11 is 3.49. The highest BCUT2D eigenvalue weighted by Gasteiger charge is 2.15. The van der Waals surface area contributed by atoms with Gasteiger partial charge in [-0.1, -0.05) is 12.1 Å². The highest BCUT2D eigenvalue weighted by Crippen LogP contribution is 2.26. The molecule has 2 nitrogen and oxygen atoms in total. The molecule has 2 aromatic rings. The molecule has 0 spiro atoms. The summed E-state index contributed by atoms with van der Waals surface area (Å²) in [5.74, 6) is 0.785. The molecule has 0 bridgehead atoms. The minimum absolute atomic E-state index is 0.0238. The maximum absolute atomic E-state index is 12.6. The van der Waals surface area contributed by atoms with Gasteiger partial charge in [0.2, 0.25) is 0 Å². The number of halogens is 1. The number of rotatable bonds is 3. The van der Waals surface area contributed by atoms with Crippen molar-refractivity contribution in [2.75, 3.05) is 7.11 Å². The summed E-state index contributed by atoms with van der Waals surface area (Å²) in [5, 5.41) is 0. The summed E-state index contributed by atoms with van der Waals surface area (Å²) in [6, 6.07) is 11.2. The first-order valence-corrected chi connectivity index (χ1v) is 6.78. The third-order valence-corrected chi connectivity index (χ3v) is 4.17. The van der Waals surface area contributed by atoms with Crippen LogP contribution in [0, 0.1) is 13.8 Å². The Morgan fingerprint density at radius 3 is 2.42 bits per heavy atom. The Morgan fingerprint density at radius 2 is 1.79 bits per heavy atom. The van der Waals surface area contributed by atoms with Gasteiger partial charge >= 0.3 is 0 Å². The van der Waals surface area contributed by atoms with Crippen LogP contribution >= 0.6 is 15.9 Å². The van der Waals surface area contributed by atoms with Crippen molar-refractivity contribution in [3.63, 3.8) is 0 Å². The lowest BCUT2D eigenvalue weighted by molar-refractivity contribution is 0.103. The first kappa shape index (κ1) is 13.8. The van der Waals surface area contributed by atoms with E-state index < -0.39 is 0 Å². The van der Waals surface area contributed by atoms with Gasteiger partial charge < -0.3 is 4.74 Å². The molecule has 2 rings (SSSR count). The van der Waals surface area contributed by atoms with Crippen LogP contribution in [0.1, 0.15) is 27.0 Å². The fourth-order valence-corrected chi connectivity index (χ4v) is 2.43.